The van der Waals surface area contributed by atoms with Gasteiger partial charge in [-0.25, -0.2) is 9.37 Å². The molecule has 0 N–H and O–H groups in total. The minimum atomic E-state index is -4.57. The largest absolute Gasteiger partial charge is 0.481 e. The molecule has 0 saturated heterocycles. The fourth-order valence-corrected chi connectivity index (χ4v) is 1.64. The van der Waals surface area contributed by atoms with Gasteiger partial charge in [-0.3, -0.25) is 0 Å². The van der Waals surface area contributed by atoms with Gasteiger partial charge in [0.05, 0.1) is 7.11 Å². The number of benzene rings is 1. The molecule has 0 amide bonds. The number of nitrogens with zero attached hydrogens (tertiary/aromatic N) is 1. The van der Waals surface area contributed by atoms with E-state index in [0.29, 0.717) is 0 Å². The minimum Gasteiger partial charge on any atom is -0.481 e. The number of hydrogen-bond acceptors (Lipinski definition) is 2. The minimum absolute atomic E-state index is 0.139. The van der Waals surface area contributed by atoms with Gasteiger partial charge in [0, 0.05) is 11.1 Å². The zero-order chi connectivity index (χ0) is 14.0. The highest BCUT2D eigenvalue weighted by molar-refractivity contribution is 5.69. The lowest BCUT2D eigenvalue weighted by atomic mass is 10.1. The molecular weight excluding hydrogens is 262 g/mol. The van der Waals surface area contributed by atoms with Crippen LogP contribution in [0.15, 0.2) is 36.4 Å². The summed E-state index contributed by atoms with van der Waals surface area (Å²) in [5, 5.41) is 0. The summed E-state index contributed by atoms with van der Waals surface area (Å²) < 4.78 is 56.0. The number of rotatable bonds is 2. The third kappa shape index (κ3) is 2.67. The Balaban J connectivity index is 2.57. The fourth-order valence-electron chi connectivity index (χ4n) is 1.64. The van der Waals surface area contributed by atoms with Gasteiger partial charge in [-0.15, -0.1) is 0 Å². The summed E-state index contributed by atoms with van der Waals surface area (Å²) in [7, 11) is 1.19. The van der Waals surface area contributed by atoms with Crippen molar-refractivity contribution in [2.45, 2.75) is 6.18 Å². The molecule has 0 aliphatic carbocycles. The molecule has 0 fully saturated rings. The maximum atomic E-state index is 13.6. The Morgan fingerprint density at radius 3 is 2.26 bits per heavy atom. The van der Waals surface area contributed by atoms with E-state index in [9.17, 15) is 17.6 Å². The van der Waals surface area contributed by atoms with Gasteiger partial charge in [0.2, 0.25) is 5.88 Å². The smallest absolute Gasteiger partial charge is 0.433 e. The predicted molar refractivity (Wildman–Crippen MR) is 61.2 cm³/mol. The van der Waals surface area contributed by atoms with Crippen molar-refractivity contribution < 1.29 is 22.3 Å². The number of aromatic nitrogens is 1. The van der Waals surface area contributed by atoms with Gasteiger partial charge < -0.3 is 4.74 Å². The van der Waals surface area contributed by atoms with Crippen LogP contribution < -0.4 is 4.74 Å². The molecule has 0 aliphatic rings. The van der Waals surface area contributed by atoms with Crippen LogP contribution >= 0.6 is 0 Å². The SMILES string of the molecule is COc1nc(C(F)(F)F)ccc1-c1ccccc1F. The average molecular weight is 271 g/mol. The lowest BCUT2D eigenvalue weighted by Gasteiger charge is -2.12. The van der Waals surface area contributed by atoms with Crippen molar-refractivity contribution in [2.24, 2.45) is 0 Å². The Morgan fingerprint density at radius 1 is 1.00 bits per heavy atom. The van der Waals surface area contributed by atoms with Crippen LogP contribution in [0.1, 0.15) is 5.69 Å². The number of methoxy groups -OCH3 is 1. The quantitative estimate of drug-likeness (QED) is 0.772. The first kappa shape index (κ1) is 13.3. The third-order valence-electron chi connectivity index (χ3n) is 2.51. The van der Waals surface area contributed by atoms with E-state index in [0.717, 1.165) is 12.1 Å². The lowest BCUT2D eigenvalue weighted by molar-refractivity contribution is -0.141. The van der Waals surface area contributed by atoms with Crippen molar-refractivity contribution in [1.82, 2.24) is 4.98 Å². The second kappa shape index (κ2) is 4.87. The first-order valence-corrected chi connectivity index (χ1v) is 5.30. The van der Waals surface area contributed by atoms with Gasteiger partial charge >= 0.3 is 6.18 Å². The molecule has 19 heavy (non-hydrogen) atoms. The van der Waals surface area contributed by atoms with E-state index in [4.69, 9.17) is 4.74 Å². The number of hydrogen-bond donors (Lipinski definition) is 0. The zero-order valence-electron chi connectivity index (χ0n) is 9.83. The molecule has 0 unspecified atom stereocenters. The van der Waals surface area contributed by atoms with Gasteiger partial charge in [-0.05, 0) is 18.2 Å². The van der Waals surface area contributed by atoms with Crippen LogP contribution in [0.4, 0.5) is 17.6 Å². The highest BCUT2D eigenvalue weighted by Gasteiger charge is 2.33. The highest BCUT2D eigenvalue weighted by atomic mass is 19.4. The van der Waals surface area contributed by atoms with Crippen molar-refractivity contribution in [1.29, 1.82) is 0 Å². The molecule has 1 aromatic heterocycles. The number of halogens is 4. The van der Waals surface area contributed by atoms with Gasteiger partial charge in [0.1, 0.15) is 11.5 Å². The lowest BCUT2D eigenvalue weighted by Crippen LogP contribution is -2.09. The molecule has 1 heterocycles. The van der Waals surface area contributed by atoms with Crippen LogP contribution in [0.2, 0.25) is 0 Å². The molecule has 0 bridgehead atoms. The van der Waals surface area contributed by atoms with Crippen LogP contribution in [0, 0.1) is 5.82 Å². The van der Waals surface area contributed by atoms with E-state index in [-0.39, 0.29) is 17.0 Å². The van der Waals surface area contributed by atoms with Gasteiger partial charge in [-0.2, -0.15) is 13.2 Å². The van der Waals surface area contributed by atoms with Crippen molar-refractivity contribution >= 4 is 0 Å². The van der Waals surface area contributed by atoms with Crippen LogP contribution in [-0.2, 0) is 6.18 Å². The Hall–Kier alpha value is -2.11. The first-order chi connectivity index (χ1) is 8.93. The molecular formula is C13H9F4NO. The van der Waals surface area contributed by atoms with Gasteiger partial charge in [0.15, 0.2) is 0 Å². The predicted octanol–water partition coefficient (Wildman–Crippen LogP) is 3.92. The summed E-state index contributed by atoms with van der Waals surface area (Å²) in [6.07, 6.45) is -4.57. The Kier molecular flexibility index (Phi) is 3.42. The normalized spacial score (nSPS) is 11.4. The fraction of sp³-hybridized carbons (Fsp3) is 0.154. The monoisotopic (exact) mass is 271 g/mol. The van der Waals surface area contributed by atoms with Gasteiger partial charge in [0.25, 0.3) is 0 Å². The number of alkyl halides is 3. The molecule has 0 saturated carbocycles. The number of pyridine rings is 1. The summed E-state index contributed by atoms with van der Waals surface area (Å²) >= 11 is 0. The maximum absolute atomic E-state index is 13.6. The first-order valence-electron chi connectivity index (χ1n) is 5.30. The molecule has 2 aromatic rings. The maximum Gasteiger partial charge on any atom is 0.433 e. The van der Waals surface area contributed by atoms with Crippen molar-refractivity contribution in [3.8, 4) is 17.0 Å². The molecule has 0 atom stereocenters. The molecule has 0 radical (unpaired) electrons. The van der Waals surface area contributed by atoms with Crippen molar-refractivity contribution in [2.75, 3.05) is 7.11 Å². The van der Waals surface area contributed by atoms with Crippen molar-refractivity contribution in [3.05, 3.63) is 47.9 Å². The molecule has 6 heteroatoms. The molecule has 100 valence electrons. The molecule has 0 spiro atoms. The summed E-state index contributed by atoms with van der Waals surface area (Å²) in [6.45, 7) is 0. The van der Waals surface area contributed by atoms with Crippen LogP contribution in [-0.4, -0.2) is 12.1 Å². The summed E-state index contributed by atoms with van der Waals surface area (Å²) in [5.41, 5.74) is -0.765. The van der Waals surface area contributed by atoms with E-state index in [1.165, 1.54) is 25.3 Å². The average Bonchev–Trinajstić information content (AvgIpc) is 2.37. The van der Waals surface area contributed by atoms with E-state index in [1.54, 1.807) is 6.07 Å². The Labute approximate surface area is 106 Å². The third-order valence-corrected chi connectivity index (χ3v) is 2.51. The van der Waals surface area contributed by atoms with E-state index < -0.39 is 17.7 Å². The topological polar surface area (TPSA) is 22.1 Å². The summed E-state index contributed by atoms with van der Waals surface area (Å²) in [5.74, 6) is -0.817. The van der Waals surface area contributed by atoms with Crippen LogP contribution in [0.25, 0.3) is 11.1 Å². The molecule has 2 nitrogen and oxygen atoms in total. The second-order valence-corrected chi connectivity index (χ2v) is 3.73. The summed E-state index contributed by atoms with van der Waals surface area (Å²) in [6, 6.07) is 7.67. The van der Waals surface area contributed by atoms with Gasteiger partial charge in [-0.1, -0.05) is 18.2 Å². The summed E-state index contributed by atoms with van der Waals surface area (Å²) in [4.78, 5) is 3.37. The Bertz CT molecular complexity index is 595. The van der Waals surface area contributed by atoms with E-state index in [1.807, 2.05) is 0 Å². The molecule has 0 aliphatic heterocycles. The molecule has 2 rings (SSSR count). The highest BCUT2D eigenvalue weighted by Crippen LogP contribution is 2.34. The Morgan fingerprint density at radius 2 is 1.68 bits per heavy atom. The zero-order valence-corrected chi connectivity index (χ0v) is 9.83. The van der Waals surface area contributed by atoms with Crippen molar-refractivity contribution in [3.63, 3.8) is 0 Å². The standard InChI is InChI=1S/C13H9F4NO/c1-19-12-9(8-4-2-3-5-10(8)14)6-7-11(18-12)13(15,16)17/h2-7H,1H3. The van der Waals surface area contributed by atoms with Crippen LogP contribution in [0.5, 0.6) is 5.88 Å². The number of ether oxygens (including phenoxy) is 1. The van der Waals surface area contributed by atoms with E-state index >= 15 is 0 Å². The van der Waals surface area contributed by atoms with E-state index in [2.05, 4.69) is 4.98 Å². The molecule has 1 aromatic carbocycles. The second-order valence-electron chi connectivity index (χ2n) is 3.73. The van der Waals surface area contributed by atoms with Crippen LogP contribution in [0.3, 0.4) is 0 Å².